The molecule has 1 unspecified atom stereocenters. The van der Waals surface area contributed by atoms with Crippen LogP contribution < -0.4 is 4.90 Å². The van der Waals surface area contributed by atoms with E-state index in [4.69, 9.17) is 23.2 Å². The summed E-state index contributed by atoms with van der Waals surface area (Å²) in [4.78, 5) is 30.6. The Balaban J connectivity index is 1.87. The maximum absolute atomic E-state index is 13.6. The van der Waals surface area contributed by atoms with Gasteiger partial charge in [0.25, 0.3) is 11.8 Å². The number of hydrogen-bond acceptors (Lipinski definition) is 3. The number of carbonyl (C=O) groups is 2. The molecule has 1 saturated heterocycles. The van der Waals surface area contributed by atoms with Gasteiger partial charge in [0.05, 0.1) is 16.3 Å². The van der Waals surface area contributed by atoms with Gasteiger partial charge in [0.15, 0.2) is 0 Å². The van der Waals surface area contributed by atoms with Gasteiger partial charge in [0.2, 0.25) is 0 Å². The van der Waals surface area contributed by atoms with E-state index in [1.54, 1.807) is 18.2 Å². The van der Waals surface area contributed by atoms with E-state index in [1.165, 1.54) is 4.90 Å². The van der Waals surface area contributed by atoms with Crippen LogP contribution in [0.5, 0.6) is 0 Å². The molecule has 1 fully saturated rings. The molecule has 2 aromatic carbocycles. The molecule has 2 aromatic rings. The van der Waals surface area contributed by atoms with E-state index in [2.05, 4.69) is 11.8 Å². The van der Waals surface area contributed by atoms with Gasteiger partial charge in [-0.25, -0.2) is 4.90 Å². The molecule has 2 heterocycles. The van der Waals surface area contributed by atoms with Crippen molar-refractivity contribution in [3.63, 3.8) is 0 Å². The Kier molecular flexibility index (Phi) is 5.65. The molecule has 0 radical (unpaired) electrons. The SMILES string of the molecule is Cc1ccc(N2C(=O)C(c3ccc(Cl)cc3Cl)=C(N3CCCC(C)C3)C2=O)cc1C. The molecule has 156 valence electrons. The van der Waals surface area contributed by atoms with Crippen LogP contribution in [0.1, 0.15) is 36.5 Å². The Bertz CT molecular complexity index is 1080. The minimum Gasteiger partial charge on any atom is -0.366 e. The van der Waals surface area contributed by atoms with Gasteiger partial charge in [0, 0.05) is 23.7 Å². The quantitative estimate of drug-likeness (QED) is 0.578. The van der Waals surface area contributed by atoms with E-state index < -0.39 is 0 Å². The normalized spacial score (nSPS) is 19.8. The smallest absolute Gasteiger partial charge is 0.282 e. The van der Waals surface area contributed by atoms with Crippen LogP contribution in [0, 0.1) is 19.8 Å². The summed E-state index contributed by atoms with van der Waals surface area (Å²) >= 11 is 12.6. The second-order valence-electron chi connectivity index (χ2n) is 8.26. The summed E-state index contributed by atoms with van der Waals surface area (Å²) in [6.45, 7) is 7.63. The number of anilines is 1. The fourth-order valence-corrected chi connectivity index (χ4v) is 4.74. The molecule has 0 bridgehead atoms. The van der Waals surface area contributed by atoms with Gasteiger partial charge < -0.3 is 4.90 Å². The van der Waals surface area contributed by atoms with Gasteiger partial charge in [0.1, 0.15) is 5.70 Å². The molecule has 0 aliphatic carbocycles. The predicted octanol–water partition coefficient (Wildman–Crippen LogP) is 5.63. The average Bonchev–Trinajstić information content (AvgIpc) is 2.94. The molecule has 0 aromatic heterocycles. The fraction of sp³-hybridized carbons (Fsp3) is 0.333. The number of benzene rings is 2. The summed E-state index contributed by atoms with van der Waals surface area (Å²) in [5, 5.41) is 0.850. The van der Waals surface area contributed by atoms with Gasteiger partial charge in [-0.3, -0.25) is 9.59 Å². The van der Waals surface area contributed by atoms with E-state index in [0.717, 1.165) is 37.1 Å². The lowest BCUT2D eigenvalue weighted by Crippen LogP contribution is -2.39. The third kappa shape index (κ3) is 3.63. The Morgan fingerprint density at radius 2 is 1.73 bits per heavy atom. The van der Waals surface area contributed by atoms with Crippen molar-refractivity contribution in [1.29, 1.82) is 0 Å². The molecule has 2 amide bonds. The van der Waals surface area contributed by atoms with Crippen molar-refractivity contribution >= 4 is 46.3 Å². The van der Waals surface area contributed by atoms with E-state index in [9.17, 15) is 9.59 Å². The van der Waals surface area contributed by atoms with Crippen LogP contribution in [0.25, 0.3) is 5.57 Å². The number of aryl methyl sites for hydroxylation is 2. The molecule has 0 spiro atoms. The molecule has 4 nitrogen and oxygen atoms in total. The topological polar surface area (TPSA) is 40.6 Å². The van der Waals surface area contributed by atoms with Gasteiger partial charge in [-0.2, -0.15) is 0 Å². The minimum atomic E-state index is -0.347. The highest BCUT2D eigenvalue weighted by atomic mass is 35.5. The molecule has 1 atom stereocenters. The highest BCUT2D eigenvalue weighted by Gasteiger charge is 2.43. The van der Waals surface area contributed by atoms with Crippen LogP contribution in [0.4, 0.5) is 5.69 Å². The second kappa shape index (κ2) is 8.09. The summed E-state index contributed by atoms with van der Waals surface area (Å²) < 4.78 is 0. The molecular weight excluding hydrogens is 419 g/mol. The molecule has 6 heteroatoms. The molecule has 2 aliphatic rings. The zero-order valence-corrected chi connectivity index (χ0v) is 18.8. The Hall–Kier alpha value is -2.30. The lowest BCUT2D eigenvalue weighted by Gasteiger charge is -2.33. The number of imide groups is 1. The Labute approximate surface area is 187 Å². The van der Waals surface area contributed by atoms with E-state index in [-0.39, 0.29) is 11.8 Å². The number of rotatable bonds is 3. The van der Waals surface area contributed by atoms with Crippen molar-refractivity contribution in [2.24, 2.45) is 5.92 Å². The maximum atomic E-state index is 13.6. The molecule has 0 saturated carbocycles. The van der Waals surface area contributed by atoms with Gasteiger partial charge in [-0.05, 0) is 68.0 Å². The zero-order chi connectivity index (χ0) is 21.6. The highest BCUT2D eigenvalue weighted by molar-refractivity contribution is 6.47. The third-order valence-electron chi connectivity index (χ3n) is 5.98. The second-order valence-corrected chi connectivity index (χ2v) is 9.10. The number of halogens is 2. The number of hydrogen-bond donors (Lipinski definition) is 0. The predicted molar refractivity (Wildman–Crippen MR) is 122 cm³/mol. The minimum absolute atomic E-state index is 0.293. The van der Waals surface area contributed by atoms with Crippen LogP contribution in [0.15, 0.2) is 42.1 Å². The van der Waals surface area contributed by atoms with Gasteiger partial charge >= 0.3 is 0 Å². The van der Waals surface area contributed by atoms with Crippen LogP contribution in [0.2, 0.25) is 10.0 Å². The van der Waals surface area contributed by atoms with E-state index >= 15 is 0 Å². The molecule has 4 rings (SSSR count). The van der Waals surface area contributed by atoms with Gasteiger partial charge in [-0.1, -0.05) is 42.3 Å². The van der Waals surface area contributed by atoms with Crippen molar-refractivity contribution in [2.45, 2.75) is 33.6 Å². The molecule has 0 N–H and O–H groups in total. The van der Waals surface area contributed by atoms with Crippen LogP contribution >= 0.6 is 23.2 Å². The van der Waals surface area contributed by atoms with Crippen LogP contribution in [-0.4, -0.2) is 29.8 Å². The molecule has 30 heavy (non-hydrogen) atoms. The third-order valence-corrected chi connectivity index (χ3v) is 6.53. The summed E-state index contributed by atoms with van der Waals surface area (Å²) in [7, 11) is 0. The first kappa shape index (κ1) is 21.0. The van der Waals surface area contributed by atoms with Crippen molar-refractivity contribution < 1.29 is 9.59 Å². The van der Waals surface area contributed by atoms with E-state index in [1.807, 2.05) is 32.0 Å². The standard InChI is InChI=1S/C24H24Cl2N2O2/c1-14-5-4-10-27(13-14)22-21(19-9-7-17(25)12-20(19)26)23(29)28(24(22)30)18-8-6-15(2)16(3)11-18/h6-9,11-12,14H,4-5,10,13H2,1-3H3. The van der Waals surface area contributed by atoms with Gasteiger partial charge in [-0.15, -0.1) is 0 Å². The molecule has 2 aliphatic heterocycles. The summed E-state index contributed by atoms with van der Waals surface area (Å²) in [5.41, 5.74) is 4.05. The number of piperidine rings is 1. The summed E-state index contributed by atoms with van der Waals surface area (Å²) in [6.07, 6.45) is 2.10. The zero-order valence-electron chi connectivity index (χ0n) is 17.3. The van der Waals surface area contributed by atoms with Crippen LogP contribution in [-0.2, 0) is 9.59 Å². The lowest BCUT2D eigenvalue weighted by atomic mass is 9.97. The maximum Gasteiger partial charge on any atom is 0.282 e. The number of likely N-dealkylation sites (tertiary alicyclic amines) is 1. The first-order valence-corrected chi connectivity index (χ1v) is 10.9. The molecular formula is C24H24Cl2N2O2. The van der Waals surface area contributed by atoms with Crippen molar-refractivity contribution in [3.05, 3.63) is 68.8 Å². The number of carbonyl (C=O) groups excluding carboxylic acids is 2. The Morgan fingerprint density at radius 3 is 2.40 bits per heavy atom. The number of nitrogens with zero attached hydrogens (tertiary/aromatic N) is 2. The highest BCUT2D eigenvalue weighted by Crippen LogP contribution is 2.39. The monoisotopic (exact) mass is 442 g/mol. The van der Waals surface area contributed by atoms with Crippen molar-refractivity contribution in [2.75, 3.05) is 18.0 Å². The van der Waals surface area contributed by atoms with Crippen LogP contribution in [0.3, 0.4) is 0 Å². The average molecular weight is 443 g/mol. The fourth-order valence-electron chi connectivity index (χ4n) is 4.24. The Morgan fingerprint density at radius 1 is 0.967 bits per heavy atom. The van der Waals surface area contributed by atoms with Crippen molar-refractivity contribution in [3.8, 4) is 0 Å². The lowest BCUT2D eigenvalue weighted by molar-refractivity contribution is -0.120. The summed E-state index contributed by atoms with van der Waals surface area (Å²) in [6, 6.07) is 10.7. The van der Waals surface area contributed by atoms with E-state index in [0.29, 0.717) is 38.5 Å². The first-order valence-electron chi connectivity index (χ1n) is 10.2. The first-order chi connectivity index (χ1) is 14.3. The largest absolute Gasteiger partial charge is 0.366 e. The van der Waals surface area contributed by atoms with Crippen molar-refractivity contribution in [1.82, 2.24) is 4.90 Å². The number of amides is 2. The summed E-state index contributed by atoms with van der Waals surface area (Å²) in [5.74, 6) is -0.189.